The van der Waals surface area contributed by atoms with Crippen LogP contribution in [0.2, 0.25) is 10.0 Å². The highest BCUT2D eigenvalue weighted by Gasteiger charge is 2.31. The SMILES string of the molecule is O=C(O)CCNC(=O)c1ccc(N(Cc2ccc(OC(F)(F)F)cc2)C(=O)Oc2cc(Cl)cc(Cl)c2)cc1. The van der Waals surface area contributed by atoms with E-state index in [1.54, 1.807) is 0 Å². The number of hydrogen-bond acceptors (Lipinski definition) is 5. The van der Waals surface area contributed by atoms with Crippen molar-refractivity contribution in [3.63, 3.8) is 0 Å². The number of rotatable bonds is 9. The van der Waals surface area contributed by atoms with Crippen molar-refractivity contribution in [2.24, 2.45) is 0 Å². The molecule has 2 N–H and O–H groups in total. The average molecular weight is 571 g/mol. The maximum Gasteiger partial charge on any atom is 0.573 e. The number of nitrogens with one attached hydrogen (secondary N) is 1. The van der Waals surface area contributed by atoms with Crippen LogP contribution in [-0.2, 0) is 11.3 Å². The summed E-state index contributed by atoms with van der Waals surface area (Å²) < 4.78 is 46.7. The van der Waals surface area contributed by atoms with Crippen molar-refractivity contribution in [3.05, 3.63) is 87.9 Å². The Kier molecular flexibility index (Phi) is 9.43. The number of carboxylic acid groups (broad SMARTS) is 1. The fourth-order valence-corrected chi connectivity index (χ4v) is 3.67. The molecule has 38 heavy (non-hydrogen) atoms. The molecule has 0 heterocycles. The molecule has 0 aromatic heterocycles. The van der Waals surface area contributed by atoms with Gasteiger partial charge in [0, 0.05) is 27.8 Å². The number of amides is 2. The molecule has 0 aliphatic rings. The number of ether oxygens (including phenoxy) is 2. The molecule has 0 atom stereocenters. The third-order valence-electron chi connectivity index (χ3n) is 4.82. The highest BCUT2D eigenvalue weighted by atomic mass is 35.5. The van der Waals surface area contributed by atoms with Crippen molar-refractivity contribution in [2.45, 2.75) is 19.3 Å². The van der Waals surface area contributed by atoms with E-state index in [9.17, 15) is 27.6 Å². The second-order valence-corrected chi connectivity index (χ2v) is 8.57. The number of carbonyl (C=O) groups is 3. The number of benzene rings is 3. The van der Waals surface area contributed by atoms with Crippen LogP contribution in [0.3, 0.4) is 0 Å². The molecular formula is C25H19Cl2F3N2O6. The highest BCUT2D eigenvalue weighted by Crippen LogP contribution is 2.27. The Morgan fingerprint density at radius 3 is 2.05 bits per heavy atom. The summed E-state index contributed by atoms with van der Waals surface area (Å²) in [6.45, 7) is -0.186. The zero-order valence-corrected chi connectivity index (χ0v) is 20.8. The van der Waals surface area contributed by atoms with E-state index in [1.165, 1.54) is 59.5 Å². The average Bonchev–Trinajstić information content (AvgIpc) is 2.81. The Labute approximate surface area is 224 Å². The minimum Gasteiger partial charge on any atom is -0.481 e. The van der Waals surface area contributed by atoms with Gasteiger partial charge in [0.25, 0.3) is 5.91 Å². The van der Waals surface area contributed by atoms with E-state index in [0.29, 0.717) is 11.3 Å². The Bertz CT molecular complexity index is 1280. The molecule has 0 saturated carbocycles. The fraction of sp³-hybridized carbons (Fsp3) is 0.160. The van der Waals surface area contributed by atoms with E-state index >= 15 is 0 Å². The Morgan fingerprint density at radius 2 is 1.50 bits per heavy atom. The van der Waals surface area contributed by atoms with Crippen LogP contribution in [0.15, 0.2) is 66.7 Å². The van der Waals surface area contributed by atoms with Crippen molar-refractivity contribution < 1.29 is 42.1 Å². The number of carbonyl (C=O) groups excluding carboxylic acids is 2. The maximum atomic E-state index is 13.1. The fourth-order valence-electron chi connectivity index (χ4n) is 3.16. The molecule has 0 spiro atoms. The van der Waals surface area contributed by atoms with Gasteiger partial charge in [0.2, 0.25) is 0 Å². The van der Waals surface area contributed by atoms with Crippen LogP contribution in [0.1, 0.15) is 22.3 Å². The lowest BCUT2D eigenvalue weighted by Gasteiger charge is -2.23. The number of halogens is 5. The third-order valence-corrected chi connectivity index (χ3v) is 5.26. The third kappa shape index (κ3) is 8.86. The Morgan fingerprint density at radius 1 is 0.895 bits per heavy atom. The minimum atomic E-state index is -4.85. The maximum absolute atomic E-state index is 13.1. The Hall–Kier alpha value is -3.96. The van der Waals surface area contributed by atoms with E-state index in [2.05, 4.69) is 10.1 Å². The van der Waals surface area contributed by atoms with Gasteiger partial charge in [-0.2, -0.15) is 0 Å². The summed E-state index contributed by atoms with van der Waals surface area (Å²) in [6.07, 6.45) is -5.96. The first-order valence-corrected chi connectivity index (χ1v) is 11.6. The van der Waals surface area contributed by atoms with Crippen LogP contribution < -0.4 is 19.7 Å². The van der Waals surface area contributed by atoms with Crippen molar-refractivity contribution in [1.82, 2.24) is 5.32 Å². The zero-order valence-electron chi connectivity index (χ0n) is 19.3. The van der Waals surface area contributed by atoms with Crippen molar-refractivity contribution in [2.75, 3.05) is 11.4 Å². The van der Waals surface area contributed by atoms with Crippen molar-refractivity contribution in [3.8, 4) is 11.5 Å². The van der Waals surface area contributed by atoms with Crippen molar-refractivity contribution in [1.29, 1.82) is 0 Å². The number of carboxylic acids is 1. The molecule has 0 aliphatic carbocycles. The molecule has 3 aromatic rings. The van der Waals surface area contributed by atoms with Gasteiger partial charge in [0.15, 0.2) is 0 Å². The summed E-state index contributed by atoms with van der Waals surface area (Å²) in [4.78, 5) is 37.2. The van der Waals surface area contributed by atoms with Crippen LogP contribution in [-0.4, -0.2) is 36.0 Å². The summed E-state index contributed by atoms with van der Waals surface area (Å²) in [5.74, 6) is -1.95. The molecule has 8 nitrogen and oxygen atoms in total. The molecule has 3 aromatic carbocycles. The first-order chi connectivity index (χ1) is 17.9. The smallest absolute Gasteiger partial charge is 0.481 e. The first-order valence-electron chi connectivity index (χ1n) is 10.8. The first kappa shape index (κ1) is 28.6. The van der Waals surface area contributed by atoms with Gasteiger partial charge in [-0.25, -0.2) is 4.79 Å². The number of aliphatic carboxylic acids is 1. The van der Waals surface area contributed by atoms with Gasteiger partial charge in [0.05, 0.1) is 13.0 Å². The van der Waals surface area contributed by atoms with E-state index in [-0.39, 0.29) is 40.9 Å². The van der Waals surface area contributed by atoms with Gasteiger partial charge in [-0.3, -0.25) is 14.5 Å². The summed E-state index contributed by atoms with van der Waals surface area (Å²) in [6, 6.07) is 14.9. The quantitative estimate of drug-likeness (QED) is 0.312. The number of anilines is 1. The molecule has 0 fully saturated rings. The predicted octanol–water partition coefficient (Wildman–Crippen LogP) is 6.30. The minimum absolute atomic E-state index is 0.0563. The van der Waals surface area contributed by atoms with Gasteiger partial charge in [-0.1, -0.05) is 35.3 Å². The summed E-state index contributed by atoms with van der Waals surface area (Å²) >= 11 is 11.9. The second-order valence-electron chi connectivity index (χ2n) is 7.70. The molecule has 0 radical (unpaired) electrons. The van der Waals surface area contributed by atoms with Crippen LogP contribution in [0, 0.1) is 0 Å². The second kappa shape index (κ2) is 12.5. The molecule has 3 rings (SSSR count). The van der Waals surface area contributed by atoms with Crippen molar-refractivity contribution >= 4 is 46.9 Å². The molecule has 2 amide bonds. The van der Waals surface area contributed by atoms with Crippen LogP contribution in [0.4, 0.5) is 23.7 Å². The molecule has 0 saturated heterocycles. The van der Waals surface area contributed by atoms with E-state index in [4.69, 9.17) is 33.0 Å². The predicted molar refractivity (Wildman–Crippen MR) is 133 cm³/mol. The van der Waals surface area contributed by atoms with Gasteiger partial charge < -0.3 is 19.9 Å². The summed E-state index contributed by atoms with van der Waals surface area (Å²) in [5, 5.41) is 11.6. The largest absolute Gasteiger partial charge is 0.573 e. The lowest BCUT2D eigenvalue weighted by Crippen LogP contribution is -2.33. The van der Waals surface area contributed by atoms with Gasteiger partial charge in [0.1, 0.15) is 11.5 Å². The lowest BCUT2D eigenvalue weighted by atomic mass is 10.1. The van der Waals surface area contributed by atoms with Crippen LogP contribution >= 0.6 is 23.2 Å². The molecular weight excluding hydrogens is 552 g/mol. The molecule has 13 heteroatoms. The zero-order chi connectivity index (χ0) is 27.9. The monoisotopic (exact) mass is 570 g/mol. The van der Waals surface area contributed by atoms with Gasteiger partial charge >= 0.3 is 18.4 Å². The standard InChI is InChI=1S/C25H19Cl2F3N2O6/c26-17-11-18(27)13-21(12-17)37-24(36)32(14-15-1-7-20(8-2-15)38-25(28,29)30)19-5-3-16(4-6-19)23(35)31-10-9-22(33)34/h1-8,11-13H,9-10,14H2,(H,31,35)(H,33,34). The molecule has 200 valence electrons. The number of hydrogen-bond donors (Lipinski definition) is 2. The summed E-state index contributed by atoms with van der Waals surface area (Å²) in [7, 11) is 0. The van der Waals surface area contributed by atoms with E-state index < -0.39 is 30.1 Å². The Balaban J connectivity index is 1.83. The number of alkyl halides is 3. The molecule has 0 bridgehead atoms. The van der Waals surface area contributed by atoms with E-state index in [0.717, 1.165) is 12.1 Å². The summed E-state index contributed by atoms with van der Waals surface area (Å²) in [5.41, 5.74) is 0.944. The van der Waals surface area contributed by atoms with Gasteiger partial charge in [-0.05, 0) is 60.2 Å². The van der Waals surface area contributed by atoms with Crippen LogP contribution in [0.5, 0.6) is 11.5 Å². The molecule has 0 aliphatic heterocycles. The molecule has 0 unspecified atom stereocenters. The normalized spacial score (nSPS) is 11.0. The van der Waals surface area contributed by atoms with Gasteiger partial charge in [-0.15, -0.1) is 13.2 Å². The lowest BCUT2D eigenvalue weighted by molar-refractivity contribution is -0.274. The topological polar surface area (TPSA) is 105 Å². The number of nitrogens with zero attached hydrogens (tertiary/aromatic N) is 1. The van der Waals surface area contributed by atoms with Crippen LogP contribution in [0.25, 0.3) is 0 Å². The van der Waals surface area contributed by atoms with E-state index in [1.807, 2.05) is 0 Å². The highest BCUT2D eigenvalue weighted by molar-refractivity contribution is 6.34.